The Hall–Kier alpha value is -1.71. The second-order valence-corrected chi connectivity index (χ2v) is 6.02. The number of rotatable bonds is 5. The Morgan fingerprint density at radius 1 is 1.15 bits per heavy atom. The number of hydrogen-bond donors (Lipinski definition) is 1. The van der Waals surface area contributed by atoms with Crippen molar-refractivity contribution in [3.05, 3.63) is 64.0 Å². The number of aryl methyl sites for hydroxylation is 1. The van der Waals surface area contributed by atoms with E-state index in [2.05, 4.69) is 58.1 Å². The molecule has 0 unspecified atom stereocenters. The van der Waals surface area contributed by atoms with E-state index in [1.54, 1.807) is 0 Å². The fourth-order valence-corrected chi connectivity index (χ4v) is 3.00. The van der Waals surface area contributed by atoms with Gasteiger partial charge in [-0.05, 0) is 48.6 Å². The fraction of sp³-hybridized carbons (Fsp3) is 0.235. The lowest BCUT2D eigenvalue weighted by Crippen LogP contribution is -2.16. The minimum Gasteiger partial charge on any atom is -0.312 e. The van der Waals surface area contributed by atoms with Gasteiger partial charge in [-0.3, -0.25) is 4.98 Å². The number of benzene rings is 1. The highest BCUT2D eigenvalue weighted by atomic mass is 32.1. The fourth-order valence-electron chi connectivity index (χ4n) is 2.29. The van der Waals surface area contributed by atoms with Crippen molar-refractivity contribution < 1.29 is 0 Å². The molecule has 3 aromatic rings. The molecule has 2 nitrogen and oxygen atoms in total. The first-order chi connectivity index (χ1) is 9.81. The molecular weight excluding hydrogens is 264 g/mol. The molecule has 0 amide bonds. The lowest BCUT2D eigenvalue weighted by Gasteiger charge is -2.06. The van der Waals surface area contributed by atoms with Gasteiger partial charge in [0.15, 0.2) is 0 Å². The first-order valence-corrected chi connectivity index (χ1v) is 7.78. The maximum atomic E-state index is 4.53. The van der Waals surface area contributed by atoms with Crippen molar-refractivity contribution in [3.63, 3.8) is 0 Å². The number of aromatic nitrogens is 1. The minimum atomic E-state index is 0.912. The molecule has 0 spiro atoms. The molecule has 0 fully saturated rings. The predicted octanol–water partition coefficient (Wildman–Crippen LogP) is 3.94. The van der Waals surface area contributed by atoms with Crippen molar-refractivity contribution in [2.75, 3.05) is 6.54 Å². The second kappa shape index (κ2) is 6.16. The zero-order valence-corrected chi connectivity index (χ0v) is 12.4. The van der Waals surface area contributed by atoms with Gasteiger partial charge >= 0.3 is 0 Å². The minimum absolute atomic E-state index is 0.912. The molecule has 0 saturated heterocycles. The molecule has 1 N–H and O–H groups in total. The van der Waals surface area contributed by atoms with E-state index in [0.717, 1.165) is 30.7 Å². The van der Waals surface area contributed by atoms with Crippen LogP contribution in [0.2, 0.25) is 0 Å². The summed E-state index contributed by atoms with van der Waals surface area (Å²) in [6, 6.07) is 15.0. The molecule has 0 aliphatic carbocycles. The van der Waals surface area contributed by atoms with Crippen LogP contribution < -0.4 is 5.32 Å². The Labute approximate surface area is 123 Å². The number of pyridine rings is 1. The SMILES string of the molecule is Cc1ccc2cc(CNCCc3cccs3)ccc2n1. The topological polar surface area (TPSA) is 24.9 Å². The molecule has 102 valence electrons. The summed E-state index contributed by atoms with van der Waals surface area (Å²) in [7, 11) is 0. The zero-order valence-electron chi connectivity index (χ0n) is 11.6. The summed E-state index contributed by atoms with van der Waals surface area (Å²) in [6.45, 7) is 3.96. The van der Waals surface area contributed by atoms with Crippen LogP contribution in [0.1, 0.15) is 16.1 Å². The summed E-state index contributed by atoms with van der Waals surface area (Å²) >= 11 is 1.82. The molecule has 0 aliphatic heterocycles. The molecule has 0 saturated carbocycles. The molecule has 20 heavy (non-hydrogen) atoms. The Kier molecular flexibility index (Phi) is 4.09. The van der Waals surface area contributed by atoms with Gasteiger partial charge in [-0.25, -0.2) is 0 Å². The number of hydrogen-bond acceptors (Lipinski definition) is 3. The van der Waals surface area contributed by atoms with Gasteiger partial charge in [-0.1, -0.05) is 18.2 Å². The third-order valence-electron chi connectivity index (χ3n) is 3.35. The summed E-state index contributed by atoms with van der Waals surface area (Å²) in [4.78, 5) is 5.97. The van der Waals surface area contributed by atoms with Gasteiger partial charge in [0.25, 0.3) is 0 Å². The lowest BCUT2D eigenvalue weighted by molar-refractivity contribution is 0.691. The highest BCUT2D eigenvalue weighted by molar-refractivity contribution is 7.09. The Bertz CT molecular complexity index is 689. The van der Waals surface area contributed by atoms with E-state index in [9.17, 15) is 0 Å². The van der Waals surface area contributed by atoms with E-state index >= 15 is 0 Å². The molecule has 3 heteroatoms. The van der Waals surface area contributed by atoms with Gasteiger partial charge < -0.3 is 5.32 Å². The van der Waals surface area contributed by atoms with Crippen molar-refractivity contribution in [2.24, 2.45) is 0 Å². The van der Waals surface area contributed by atoms with E-state index in [4.69, 9.17) is 0 Å². The van der Waals surface area contributed by atoms with Gasteiger partial charge in [-0.15, -0.1) is 11.3 Å². The monoisotopic (exact) mass is 282 g/mol. The van der Waals surface area contributed by atoms with Gasteiger partial charge in [0.1, 0.15) is 0 Å². The largest absolute Gasteiger partial charge is 0.312 e. The first kappa shape index (κ1) is 13.3. The summed E-state index contributed by atoms with van der Waals surface area (Å²) in [6.07, 6.45) is 1.10. The molecule has 2 heterocycles. The smallest absolute Gasteiger partial charge is 0.0705 e. The van der Waals surface area contributed by atoms with E-state index in [0.29, 0.717) is 0 Å². The average Bonchev–Trinajstić information content (AvgIpc) is 2.97. The van der Waals surface area contributed by atoms with Crippen molar-refractivity contribution in [1.29, 1.82) is 0 Å². The standard InChI is InChI=1S/C17H18N2S/c1-13-4-6-15-11-14(5-7-17(15)19-13)12-18-9-8-16-3-2-10-20-16/h2-7,10-11,18H,8-9,12H2,1H3. The van der Waals surface area contributed by atoms with E-state index in [1.807, 2.05) is 18.3 Å². The van der Waals surface area contributed by atoms with Crippen LogP contribution in [0.25, 0.3) is 10.9 Å². The molecule has 2 aromatic heterocycles. The Balaban J connectivity index is 1.58. The Morgan fingerprint density at radius 3 is 2.95 bits per heavy atom. The first-order valence-electron chi connectivity index (χ1n) is 6.91. The van der Waals surface area contributed by atoms with Crippen LogP contribution in [-0.4, -0.2) is 11.5 Å². The molecule has 1 aromatic carbocycles. The summed E-state index contributed by atoms with van der Waals surface area (Å²) in [5.41, 5.74) is 3.46. The normalized spacial score (nSPS) is 11.1. The van der Waals surface area contributed by atoms with Crippen LogP contribution in [0.3, 0.4) is 0 Å². The van der Waals surface area contributed by atoms with Gasteiger partial charge in [0.05, 0.1) is 5.52 Å². The van der Waals surface area contributed by atoms with Gasteiger partial charge in [0, 0.05) is 29.0 Å². The van der Waals surface area contributed by atoms with Gasteiger partial charge in [-0.2, -0.15) is 0 Å². The maximum Gasteiger partial charge on any atom is 0.0705 e. The average molecular weight is 282 g/mol. The van der Waals surface area contributed by atoms with Crippen LogP contribution in [0, 0.1) is 6.92 Å². The van der Waals surface area contributed by atoms with Crippen LogP contribution >= 0.6 is 11.3 Å². The summed E-state index contributed by atoms with van der Waals surface area (Å²) in [5.74, 6) is 0. The molecule has 0 atom stereocenters. The van der Waals surface area contributed by atoms with E-state index < -0.39 is 0 Å². The summed E-state index contributed by atoms with van der Waals surface area (Å²) in [5, 5.41) is 6.85. The van der Waals surface area contributed by atoms with Crippen molar-refractivity contribution >= 4 is 22.2 Å². The zero-order chi connectivity index (χ0) is 13.8. The number of fused-ring (bicyclic) bond motifs is 1. The molecule has 3 rings (SSSR count). The highest BCUT2D eigenvalue weighted by Crippen LogP contribution is 2.15. The molecular formula is C17H18N2S. The van der Waals surface area contributed by atoms with Crippen LogP contribution in [-0.2, 0) is 13.0 Å². The van der Waals surface area contributed by atoms with Crippen LogP contribution in [0.15, 0.2) is 47.8 Å². The van der Waals surface area contributed by atoms with Crippen molar-refractivity contribution in [1.82, 2.24) is 10.3 Å². The maximum absolute atomic E-state index is 4.53. The number of nitrogens with zero attached hydrogens (tertiary/aromatic N) is 1. The van der Waals surface area contributed by atoms with E-state index in [1.165, 1.54) is 15.8 Å². The number of thiophene rings is 1. The van der Waals surface area contributed by atoms with E-state index in [-0.39, 0.29) is 0 Å². The third-order valence-corrected chi connectivity index (χ3v) is 4.29. The third kappa shape index (κ3) is 3.24. The van der Waals surface area contributed by atoms with Gasteiger partial charge in [0.2, 0.25) is 0 Å². The van der Waals surface area contributed by atoms with Crippen molar-refractivity contribution in [2.45, 2.75) is 19.9 Å². The predicted molar refractivity (Wildman–Crippen MR) is 86.2 cm³/mol. The number of nitrogens with one attached hydrogen (secondary N) is 1. The molecule has 0 bridgehead atoms. The Morgan fingerprint density at radius 2 is 2.10 bits per heavy atom. The quantitative estimate of drug-likeness (QED) is 0.717. The second-order valence-electron chi connectivity index (χ2n) is 4.99. The summed E-state index contributed by atoms with van der Waals surface area (Å²) < 4.78 is 0. The van der Waals surface area contributed by atoms with Crippen LogP contribution in [0.4, 0.5) is 0 Å². The van der Waals surface area contributed by atoms with Crippen molar-refractivity contribution in [3.8, 4) is 0 Å². The lowest BCUT2D eigenvalue weighted by atomic mass is 10.1. The molecule has 0 radical (unpaired) electrons. The van der Waals surface area contributed by atoms with Crippen LogP contribution in [0.5, 0.6) is 0 Å². The molecule has 0 aliphatic rings. The highest BCUT2D eigenvalue weighted by Gasteiger charge is 1.99.